The fraction of sp³-hybridized carbons (Fsp3) is 0.100. The zero-order valence-electron chi connectivity index (χ0n) is 8.98. The average molecular weight is 228 g/mol. The highest BCUT2D eigenvalue weighted by molar-refractivity contribution is 5.77. The van der Waals surface area contributed by atoms with Gasteiger partial charge in [-0.2, -0.15) is 4.80 Å². The smallest absolute Gasteiger partial charge is 0.268 e. The maximum absolute atomic E-state index is 12.1. The molecular weight excluding hydrogens is 220 g/mol. The van der Waals surface area contributed by atoms with E-state index in [-0.39, 0.29) is 11.5 Å². The Morgan fingerprint density at radius 2 is 2.06 bits per heavy atom. The maximum Gasteiger partial charge on any atom is 0.278 e. The number of tetrazole rings is 1. The number of fused-ring (bicyclic) bond motifs is 1. The lowest BCUT2D eigenvalue weighted by atomic mass is 10.2. The first-order chi connectivity index (χ1) is 8.25. The Balaban J connectivity index is 2.32. The Kier molecular flexibility index (Phi) is 1.97. The van der Waals surface area contributed by atoms with Crippen molar-refractivity contribution in [2.45, 2.75) is 0 Å². The molecule has 0 saturated carbocycles. The molecule has 0 saturated heterocycles. The van der Waals surface area contributed by atoms with Gasteiger partial charge in [-0.3, -0.25) is 4.79 Å². The summed E-state index contributed by atoms with van der Waals surface area (Å²) in [6.45, 7) is 0. The molecule has 0 atom stereocenters. The summed E-state index contributed by atoms with van der Waals surface area (Å²) in [4.78, 5) is 17.6. The summed E-state index contributed by atoms with van der Waals surface area (Å²) in [6, 6.07) is 7.13. The number of para-hydroxylation sites is 1. The fourth-order valence-corrected chi connectivity index (χ4v) is 1.58. The molecule has 7 heteroatoms. The van der Waals surface area contributed by atoms with Crippen molar-refractivity contribution in [1.82, 2.24) is 29.8 Å². The molecule has 17 heavy (non-hydrogen) atoms. The molecule has 0 fully saturated rings. The van der Waals surface area contributed by atoms with Gasteiger partial charge in [-0.1, -0.05) is 17.2 Å². The van der Waals surface area contributed by atoms with Crippen molar-refractivity contribution >= 4 is 10.9 Å². The summed E-state index contributed by atoms with van der Waals surface area (Å²) in [5.41, 5.74) is 0.446. The molecule has 84 valence electrons. The topological polar surface area (TPSA) is 78.5 Å². The van der Waals surface area contributed by atoms with Crippen LogP contribution in [0.5, 0.6) is 0 Å². The maximum atomic E-state index is 12.1. The van der Waals surface area contributed by atoms with Gasteiger partial charge in [-0.25, -0.2) is 9.55 Å². The molecule has 0 N–H and O–H groups in total. The predicted octanol–water partition coefficient (Wildman–Crippen LogP) is -0.0908. The molecule has 0 aliphatic heterocycles. The van der Waals surface area contributed by atoms with Crippen LogP contribution in [0.15, 0.2) is 35.4 Å². The molecule has 7 nitrogen and oxygen atoms in total. The van der Waals surface area contributed by atoms with E-state index in [1.807, 2.05) is 6.07 Å². The number of hydrogen-bond acceptors (Lipinski definition) is 5. The number of rotatable bonds is 1. The Morgan fingerprint density at radius 1 is 1.24 bits per heavy atom. The molecule has 2 heterocycles. The van der Waals surface area contributed by atoms with Gasteiger partial charge in [0.15, 0.2) is 0 Å². The first kappa shape index (κ1) is 9.64. The van der Waals surface area contributed by atoms with Gasteiger partial charge in [0.1, 0.15) is 6.33 Å². The third-order valence-corrected chi connectivity index (χ3v) is 2.38. The molecule has 3 rings (SSSR count). The summed E-state index contributed by atoms with van der Waals surface area (Å²) < 4.78 is 1.27. The summed E-state index contributed by atoms with van der Waals surface area (Å²) in [5, 5.41) is 12.0. The zero-order valence-corrected chi connectivity index (χ0v) is 8.98. The molecule has 0 unspecified atom stereocenters. The quantitative estimate of drug-likeness (QED) is 0.581. The molecule has 0 bridgehead atoms. The van der Waals surface area contributed by atoms with Crippen LogP contribution in [-0.4, -0.2) is 29.8 Å². The van der Waals surface area contributed by atoms with Crippen molar-refractivity contribution in [2.75, 3.05) is 0 Å². The minimum atomic E-state index is -0.205. The van der Waals surface area contributed by atoms with Crippen LogP contribution in [0.4, 0.5) is 0 Å². The molecule has 0 aliphatic rings. The van der Waals surface area contributed by atoms with Crippen LogP contribution in [0.1, 0.15) is 0 Å². The van der Waals surface area contributed by atoms with Crippen LogP contribution in [0.3, 0.4) is 0 Å². The number of aryl methyl sites for hydroxylation is 1. The molecule has 2 aromatic heterocycles. The Morgan fingerprint density at radius 3 is 2.82 bits per heavy atom. The van der Waals surface area contributed by atoms with Crippen LogP contribution in [-0.2, 0) is 7.05 Å². The van der Waals surface area contributed by atoms with Crippen LogP contribution in [0, 0.1) is 0 Å². The van der Waals surface area contributed by atoms with E-state index in [0.717, 1.165) is 0 Å². The Labute approximate surface area is 95.3 Å². The van der Waals surface area contributed by atoms with Gasteiger partial charge in [0.2, 0.25) is 0 Å². The van der Waals surface area contributed by atoms with Crippen molar-refractivity contribution in [3.63, 3.8) is 0 Å². The van der Waals surface area contributed by atoms with Gasteiger partial charge in [0, 0.05) is 0 Å². The lowest BCUT2D eigenvalue weighted by Gasteiger charge is -2.00. The molecule has 0 radical (unpaired) electrons. The first-order valence-electron chi connectivity index (χ1n) is 4.96. The highest BCUT2D eigenvalue weighted by atomic mass is 16.1. The van der Waals surface area contributed by atoms with E-state index in [1.54, 1.807) is 25.2 Å². The number of hydrogen-bond donors (Lipinski definition) is 0. The van der Waals surface area contributed by atoms with Crippen molar-refractivity contribution in [3.05, 3.63) is 40.9 Å². The third-order valence-electron chi connectivity index (χ3n) is 2.38. The van der Waals surface area contributed by atoms with E-state index in [0.29, 0.717) is 10.9 Å². The number of benzene rings is 1. The third kappa shape index (κ3) is 1.48. The van der Waals surface area contributed by atoms with Crippen molar-refractivity contribution in [3.8, 4) is 5.95 Å². The second-order valence-electron chi connectivity index (χ2n) is 3.52. The highest BCUT2D eigenvalue weighted by Gasteiger charge is 2.08. The van der Waals surface area contributed by atoms with Gasteiger partial charge in [-0.15, -0.1) is 5.10 Å². The summed E-state index contributed by atoms with van der Waals surface area (Å²) in [7, 11) is 1.63. The monoisotopic (exact) mass is 228 g/mol. The Bertz CT molecular complexity index is 744. The normalized spacial score (nSPS) is 10.9. The Hall–Kier alpha value is -2.57. The standard InChI is InChI=1S/C10H8N6O/c1-15-13-10(12-14-15)16-6-11-8-5-3-2-4-7(8)9(16)17/h2-6H,1H3. The van der Waals surface area contributed by atoms with E-state index >= 15 is 0 Å². The minimum Gasteiger partial charge on any atom is -0.268 e. The van der Waals surface area contributed by atoms with Crippen molar-refractivity contribution in [2.24, 2.45) is 7.05 Å². The number of nitrogens with zero attached hydrogens (tertiary/aromatic N) is 6. The number of aromatic nitrogens is 6. The lowest BCUT2D eigenvalue weighted by molar-refractivity contribution is 0.628. The van der Waals surface area contributed by atoms with Crippen LogP contribution in [0.25, 0.3) is 16.9 Å². The van der Waals surface area contributed by atoms with E-state index in [2.05, 4.69) is 20.4 Å². The zero-order chi connectivity index (χ0) is 11.8. The van der Waals surface area contributed by atoms with Crippen LogP contribution >= 0.6 is 0 Å². The van der Waals surface area contributed by atoms with Gasteiger partial charge < -0.3 is 0 Å². The van der Waals surface area contributed by atoms with Gasteiger partial charge in [-0.05, 0) is 17.3 Å². The van der Waals surface area contributed by atoms with E-state index in [1.165, 1.54) is 15.7 Å². The van der Waals surface area contributed by atoms with Crippen LogP contribution < -0.4 is 5.56 Å². The molecule has 0 amide bonds. The predicted molar refractivity (Wildman–Crippen MR) is 59.7 cm³/mol. The van der Waals surface area contributed by atoms with Gasteiger partial charge >= 0.3 is 0 Å². The van der Waals surface area contributed by atoms with Crippen LogP contribution in [0.2, 0.25) is 0 Å². The SMILES string of the molecule is Cn1nnc(-n2cnc3ccccc3c2=O)n1. The molecule has 0 aliphatic carbocycles. The second kappa shape index (κ2) is 3.48. The molecular formula is C10H8N6O. The lowest BCUT2D eigenvalue weighted by Crippen LogP contribution is -2.20. The van der Waals surface area contributed by atoms with E-state index in [4.69, 9.17) is 0 Å². The van der Waals surface area contributed by atoms with Crippen molar-refractivity contribution < 1.29 is 0 Å². The summed E-state index contributed by atoms with van der Waals surface area (Å²) >= 11 is 0. The molecule has 3 aromatic rings. The largest absolute Gasteiger partial charge is 0.278 e. The van der Waals surface area contributed by atoms with E-state index < -0.39 is 0 Å². The fourth-order valence-electron chi connectivity index (χ4n) is 1.58. The summed E-state index contributed by atoms with van der Waals surface area (Å²) in [5.74, 6) is 0.218. The summed E-state index contributed by atoms with van der Waals surface area (Å²) in [6.07, 6.45) is 1.40. The minimum absolute atomic E-state index is 0.205. The van der Waals surface area contributed by atoms with E-state index in [9.17, 15) is 4.79 Å². The van der Waals surface area contributed by atoms with Crippen molar-refractivity contribution in [1.29, 1.82) is 0 Å². The molecule has 1 aromatic carbocycles. The second-order valence-corrected chi connectivity index (χ2v) is 3.52. The average Bonchev–Trinajstić information content (AvgIpc) is 2.77. The highest BCUT2D eigenvalue weighted by Crippen LogP contribution is 2.05. The van der Waals surface area contributed by atoms with Gasteiger partial charge in [0.05, 0.1) is 18.0 Å². The van der Waals surface area contributed by atoms with Gasteiger partial charge in [0.25, 0.3) is 11.5 Å². The first-order valence-corrected chi connectivity index (χ1v) is 4.96. The molecule has 0 spiro atoms.